The summed E-state index contributed by atoms with van der Waals surface area (Å²) in [5.41, 5.74) is 2.81. The van der Waals surface area contributed by atoms with E-state index in [1.165, 1.54) is 0 Å². The molecule has 11 heteroatoms. The maximum absolute atomic E-state index is 12.7. The Hall–Kier alpha value is -5.19. The van der Waals surface area contributed by atoms with Crippen molar-refractivity contribution in [3.8, 4) is 17.1 Å². The number of ether oxygens (including phenoxy) is 2. The molecule has 1 aliphatic rings. The van der Waals surface area contributed by atoms with E-state index in [-0.39, 0.29) is 24.6 Å². The number of nitrogens with zero attached hydrogens (tertiary/aromatic N) is 4. The molecule has 43 heavy (non-hydrogen) atoms. The zero-order chi connectivity index (χ0) is 30.0. The number of nitrogens with one attached hydrogen (secondary N) is 3. The molecule has 1 saturated heterocycles. The van der Waals surface area contributed by atoms with E-state index in [0.29, 0.717) is 36.9 Å². The summed E-state index contributed by atoms with van der Waals surface area (Å²) >= 11 is 0. The Morgan fingerprint density at radius 2 is 1.91 bits per heavy atom. The number of anilines is 2. The molecule has 5 aromatic rings. The molecule has 3 N–H and O–H groups in total. The van der Waals surface area contributed by atoms with Crippen molar-refractivity contribution in [1.82, 2.24) is 30.4 Å². The number of likely N-dealkylation sites (tertiary alicyclic amines) is 1. The third kappa shape index (κ3) is 6.66. The number of fused-ring (bicyclic) bond motifs is 2. The topological polar surface area (TPSA) is 134 Å². The number of amides is 2. The average Bonchev–Trinajstić information content (AvgIpc) is 3.65. The molecule has 11 nitrogen and oxygen atoms in total. The quantitative estimate of drug-likeness (QED) is 0.233. The van der Waals surface area contributed by atoms with Gasteiger partial charge in [0.25, 0.3) is 5.91 Å². The first-order valence-electron chi connectivity index (χ1n) is 14.2. The van der Waals surface area contributed by atoms with Crippen LogP contribution < -0.4 is 15.4 Å². The van der Waals surface area contributed by atoms with E-state index in [0.717, 1.165) is 33.1 Å². The van der Waals surface area contributed by atoms with Crippen LogP contribution >= 0.6 is 0 Å². The highest BCUT2D eigenvalue weighted by Gasteiger charge is 2.30. The first kappa shape index (κ1) is 28.0. The van der Waals surface area contributed by atoms with E-state index < -0.39 is 5.60 Å². The first-order chi connectivity index (χ1) is 20.7. The van der Waals surface area contributed by atoms with Crippen LogP contribution in [0.15, 0.2) is 72.9 Å². The minimum Gasteiger partial charge on any atom is -0.484 e. The molecule has 1 fully saturated rings. The maximum atomic E-state index is 12.7. The van der Waals surface area contributed by atoms with E-state index in [1.54, 1.807) is 17.2 Å². The highest BCUT2D eigenvalue weighted by atomic mass is 16.6. The lowest BCUT2D eigenvalue weighted by Crippen LogP contribution is -2.41. The number of hydrogen-bond acceptors (Lipinski definition) is 8. The first-order valence-corrected chi connectivity index (χ1v) is 14.2. The molecule has 2 aromatic heterocycles. The summed E-state index contributed by atoms with van der Waals surface area (Å²) in [6.07, 6.45) is 2.07. The molecule has 1 unspecified atom stereocenters. The second-order valence-corrected chi connectivity index (χ2v) is 11.5. The van der Waals surface area contributed by atoms with Crippen molar-refractivity contribution in [3.05, 3.63) is 72.9 Å². The molecule has 1 aliphatic heterocycles. The number of hydrogen-bond donors (Lipinski definition) is 3. The standard InChI is InChI=1S/C32H33N7O4/c1-32(2,3)43-31(41)39-14-13-23(18-39)34-28(40)19-42-24-8-6-7-20(16-24)29-36-27-10-5-4-9-25(27)30(37-29)35-22-11-12-26-21(15-22)17-33-38-26/h4-12,15-17,23H,13-14,18-19H2,1-3H3,(H,33,38)(H,34,40)(H,35,36,37). The summed E-state index contributed by atoms with van der Waals surface area (Å²) in [7, 11) is 0. The minimum atomic E-state index is -0.563. The van der Waals surface area contributed by atoms with Crippen LogP contribution in [0.1, 0.15) is 27.2 Å². The van der Waals surface area contributed by atoms with Gasteiger partial charge in [0.05, 0.1) is 17.2 Å². The van der Waals surface area contributed by atoms with Crippen molar-refractivity contribution in [2.75, 3.05) is 25.0 Å². The Bertz CT molecular complexity index is 1800. The Balaban J connectivity index is 1.13. The Kier molecular flexibility index (Phi) is 7.54. The van der Waals surface area contributed by atoms with Crippen LogP contribution in [0, 0.1) is 0 Å². The van der Waals surface area contributed by atoms with Crippen molar-refractivity contribution >= 4 is 45.3 Å². The minimum absolute atomic E-state index is 0.152. The molecule has 220 valence electrons. The second kappa shape index (κ2) is 11.6. The number of carbonyl (C=O) groups is 2. The number of benzene rings is 3. The fourth-order valence-electron chi connectivity index (χ4n) is 4.97. The normalized spacial score (nSPS) is 15.0. The summed E-state index contributed by atoms with van der Waals surface area (Å²) in [5.74, 6) is 1.45. The molecule has 0 aliphatic carbocycles. The fraction of sp³-hybridized carbons (Fsp3) is 0.281. The van der Waals surface area contributed by atoms with Crippen LogP contribution in [0.3, 0.4) is 0 Å². The van der Waals surface area contributed by atoms with Crippen LogP contribution in [0.2, 0.25) is 0 Å². The van der Waals surface area contributed by atoms with Crippen molar-refractivity contribution in [2.45, 2.75) is 38.8 Å². The van der Waals surface area contributed by atoms with Gasteiger partial charge in [-0.25, -0.2) is 14.8 Å². The second-order valence-electron chi connectivity index (χ2n) is 11.5. The summed E-state index contributed by atoms with van der Waals surface area (Å²) < 4.78 is 11.3. The molecule has 1 atom stereocenters. The van der Waals surface area contributed by atoms with Gasteiger partial charge in [0.1, 0.15) is 17.2 Å². The van der Waals surface area contributed by atoms with E-state index in [4.69, 9.17) is 19.4 Å². The van der Waals surface area contributed by atoms with Gasteiger partial charge < -0.3 is 25.0 Å². The predicted octanol–water partition coefficient (Wildman–Crippen LogP) is 5.42. The van der Waals surface area contributed by atoms with Gasteiger partial charge in [-0.3, -0.25) is 9.89 Å². The highest BCUT2D eigenvalue weighted by molar-refractivity contribution is 5.93. The van der Waals surface area contributed by atoms with E-state index in [1.807, 2.05) is 81.4 Å². The number of aromatic amines is 1. The molecule has 2 amide bonds. The number of carbonyl (C=O) groups excluding carboxylic acids is 2. The molecule has 3 aromatic carbocycles. The van der Waals surface area contributed by atoms with Gasteiger partial charge in [-0.2, -0.15) is 5.10 Å². The van der Waals surface area contributed by atoms with Gasteiger partial charge in [-0.1, -0.05) is 24.3 Å². The van der Waals surface area contributed by atoms with Crippen LogP contribution in [0.4, 0.5) is 16.3 Å². The number of aromatic nitrogens is 4. The van der Waals surface area contributed by atoms with Crippen molar-refractivity contribution in [3.63, 3.8) is 0 Å². The number of para-hydroxylation sites is 1. The van der Waals surface area contributed by atoms with Gasteiger partial charge in [0, 0.05) is 41.2 Å². The van der Waals surface area contributed by atoms with E-state index in [9.17, 15) is 9.59 Å². The Labute approximate surface area is 248 Å². The van der Waals surface area contributed by atoms with Crippen LogP contribution in [-0.4, -0.2) is 68.4 Å². The molecule has 3 heterocycles. The lowest BCUT2D eigenvalue weighted by molar-refractivity contribution is -0.123. The summed E-state index contributed by atoms with van der Waals surface area (Å²) in [6, 6.07) is 21.0. The van der Waals surface area contributed by atoms with Crippen LogP contribution in [0.25, 0.3) is 33.2 Å². The summed E-state index contributed by atoms with van der Waals surface area (Å²) in [4.78, 5) is 36.2. The van der Waals surface area contributed by atoms with Crippen LogP contribution in [-0.2, 0) is 9.53 Å². The number of rotatable bonds is 7. The van der Waals surface area contributed by atoms with E-state index in [2.05, 4.69) is 20.8 Å². The largest absolute Gasteiger partial charge is 0.484 e. The summed E-state index contributed by atoms with van der Waals surface area (Å²) in [5, 5.41) is 15.3. The molecular formula is C32H33N7O4. The predicted molar refractivity (Wildman–Crippen MR) is 164 cm³/mol. The Morgan fingerprint density at radius 1 is 1.05 bits per heavy atom. The molecule has 0 radical (unpaired) electrons. The van der Waals surface area contributed by atoms with Crippen molar-refractivity contribution in [1.29, 1.82) is 0 Å². The lowest BCUT2D eigenvalue weighted by Gasteiger charge is -2.24. The molecule has 0 saturated carbocycles. The zero-order valence-corrected chi connectivity index (χ0v) is 24.3. The average molecular weight is 580 g/mol. The van der Waals surface area contributed by atoms with Gasteiger partial charge in [0.2, 0.25) is 0 Å². The van der Waals surface area contributed by atoms with Crippen LogP contribution in [0.5, 0.6) is 5.75 Å². The maximum Gasteiger partial charge on any atom is 0.410 e. The highest BCUT2D eigenvalue weighted by Crippen LogP contribution is 2.29. The van der Waals surface area contributed by atoms with Gasteiger partial charge in [-0.15, -0.1) is 0 Å². The molecule has 6 rings (SSSR count). The van der Waals surface area contributed by atoms with Crippen molar-refractivity contribution < 1.29 is 19.1 Å². The zero-order valence-electron chi connectivity index (χ0n) is 24.3. The van der Waals surface area contributed by atoms with Gasteiger partial charge >= 0.3 is 6.09 Å². The monoisotopic (exact) mass is 579 g/mol. The van der Waals surface area contributed by atoms with Gasteiger partial charge in [-0.05, 0) is 69.7 Å². The smallest absolute Gasteiger partial charge is 0.410 e. The van der Waals surface area contributed by atoms with Gasteiger partial charge in [0.15, 0.2) is 12.4 Å². The SMILES string of the molecule is CC(C)(C)OC(=O)N1CCC(NC(=O)COc2cccc(-c3nc(Nc4ccc5[nH]ncc5c4)c4ccccc4n3)c2)C1. The van der Waals surface area contributed by atoms with Crippen molar-refractivity contribution in [2.24, 2.45) is 0 Å². The third-order valence-corrected chi connectivity index (χ3v) is 6.97. The molecule has 0 spiro atoms. The third-order valence-electron chi connectivity index (χ3n) is 6.97. The summed E-state index contributed by atoms with van der Waals surface area (Å²) in [6.45, 7) is 6.27. The van der Waals surface area contributed by atoms with E-state index >= 15 is 0 Å². The fourth-order valence-corrected chi connectivity index (χ4v) is 4.97. The Morgan fingerprint density at radius 3 is 2.77 bits per heavy atom. The number of H-pyrrole nitrogens is 1. The molecule has 0 bridgehead atoms. The molecular weight excluding hydrogens is 546 g/mol. The lowest BCUT2D eigenvalue weighted by atomic mass is 10.1.